The van der Waals surface area contributed by atoms with Crippen LogP contribution in [0.4, 0.5) is 0 Å². The summed E-state index contributed by atoms with van der Waals surface area (Å²) in [5.41, 5.74) is 0. The molecule has 0 spiro atoms. The summed E-state index contributed by atoms with van der Waals surface area (Å²) in [6, 6.07) is 0. The molecule has 2 amide bonds. The Hall–Kier alpha value is -1.23. The Balaban J connectivity index is 2.12. The molecule has 0 aromatic heterocycles. The van der Waals surface area contributed by atoms with E-state index in [9.17, 15) is 14.4 Å². The Morgan fingerprint density at radius 2 is 2.00 bits per heavy atom. The highest BCUT2D eigenvalue weighted by Gasteiger charge is 2.40. The van der Waals surface area contributed by atoms with Crippen LogP contribution < -0.4 is 10.6 Å². The van der Waals surface area contributed by atoms with Crippen LogP contribution >= 0.6 is 0 Å². The predicted molar refractivity (Wildman–Crippen MR) is 47.2 cm³/mol. The van der Waals surface area contributed by atoms with Gasteiger partial charge in [-0.05, 0) is 25.4 Å². The van der Waals surface area contributed by atoms with E-state index in [2.05, 4.69) is 10.6 Å². The number of Topliss-reactive ketones (excluding diaryl/α,β-unsaturated/α-hetero) is 1. The molecule has 2 fully saturated rings. The van der Waals surface area contributed by atoms with E-state index in [0.29, 0.717) is 6.54 Å². The lowest BCUT2D eigenvalue weighted by atomic mass is 9.84. The van der Waals surface area contributed by atoms with E-state index < -0.39 is 17.7 Å². The van der Waals surface area contributed by atoms with Crippen LogP contribution in [0.1, 0.15) is 12.8 Å². The Bertz CT molecular complexity index is 274. The Morgan fingerprint density at radius 1 is 1.21 bits per heavy atom. The number of nitrogens with one attached hydrogen (secondary N) is 2. The van der Waals surface area contributed by atoms with Gasteiger partial charge in [0.25, 0.3) is 0 Å². The molecule has 2 aliphatic heterocycles. The van der Waals surface area contributed by atoms with Gasteiger partial charge >= 0.3 is 0 Å². The normalized spacial score (nSPS) is 33.3. The van der Waals surface area contributed by atoms with E-state index in [1.807, 2.05) is 0 Å². The van der Waals surface area contributed by atoms with E-state index >= 15 is 0 Å². The van der Waals surface area contributed by atoms with Crippen LogP contribution in [0.3, 0.4) is 0 Å². The number of carbonyl (C=O) groups is 3. The topological polar surface area (TPSA) is 75.3 Å². The van der Waals surface area contributed by atoms with Gasteiger partial charge < -0.3 is 5.32 Å². The molecule has 2 atom stereocenters. The molecule has 76 valence electrons. The van der Waals surface area contributed by atoms with Crippen molar-refractivity contribution in [1.82, 2.24) is 10.6 Å². The van der Waals surface area contributed by atoms with Gasteiger partial charge in [-0.25, -0.2) is 0 Å². The summed E-state index contributed by atoms with van der Waals surface area (Å²) < 4.78 is 0. The molecule has 0 aromatic carbocycles. The number of carbonyl (C=O) groups excluding carboxylic acids is 3. The molecular formula is C9H12N2O3. The van der Waals surface area contributed by atoms with Gasteiger partial charge in [-0.2, -0.15) is 0 Å². The van der Waals surface area contributed by atoms with Gasteiger partial charge in [-0.15, -0.1) is 0 Å². The summed E-state index contributed by atoms with van der Waals surface area (Å²) in [6.45, 7) is 1.54. The van der Waals surface area contributed by atoms with Gasteiger partial charge in [0.05, 0.1) is 6.42 Å². The van der Waals surface area contributed by atoms with Crippen LogP contribution in [-0.2, 0) is 14.4 Å². The Labute approximate surface area is 81.2 Å². The van der Waals surface area contributed by atoms with E-state index in [4.69, 9.17) is 0 Å². The largest absolute Gasteiger partial charge is 0.316 e. The first-order valence-corrected chi connectivity index (χ1v) is 4.75. The van der Waals surface area contributed by atoms with Gasteiger partial charge in [0, 0.05) is 0 Å². The number of imide groups is 1. The minimum atomic E-state index is -0.609. The highest BCUT2D eigenvalue weighted by atomic mass is 16.2. The quantitative estimate of drug-likeness (QED) is 0.409. The van der Waals surface area contributed by atoms with Crippen molar-refractivity contribution in [3.63, 3.8) is 0 Å². The molecule has 0 aliphatic carbocycles. The van der Waals surface area contributed by atoms with E-state index in [1.165, 1.54) is 0 Å². The molecule has 2 rings (SSSR count). The fraction of sp³-hybridized carbons (Fsp3) is 0.667. The predicted octanol–water partition coefficient (Wildman–Crippen LogP) is -1.17. The minimum absolute atomic E-state index is 0.0654. The van der Waals surface area contributed by atoms with E-state index in [-0.39, 0.29) is 18.1 Å². The zero-order valence-electron chi connectivity index (χ0n) is 7.71. The second kappa shape index (κ2) is 3.49. The van der Waals surface area contributed by atoms with Crippen molar-refractivity contribution in [3.8, 4) is 0 Å². The monoisotopic (exact) mass is 196 g/mol. The second-order valence-corrected chi connectivity index (χ2v) is 3.79. The van der Waals surface area contributed by atoms with Gasteiger partial charge in [-0.1, -0.05) is 0 Å². The van der Waals surface area contributed by atoms with E-state index in [1.54, 1.807) is 0 Å². The maximum absolute atomic E-state index is 11.5. The van der Waals surface area contributed by atoms with Crippen molar-refractivity contribution in [2.45, 2.75) is 12.8 Å². The summed E-state index contributed by atoms with van der Waals surface area (Å²) in [5, 5.41) is 5.31. The molecule has 0 radical (unpaired) electrons. The van der Waals surface area contributed by atoms with Gasteiger partial charge in [0.1, 0.15) is 5.92 Å². The fourth-order valence-corrected chi connectivity index (χ4v) is 2.11. The highest BCUT2D eigenvalue weighted by molar-refractivity contribution is 6.18. The van der Waals surface area contributed by atoms with Crippen LogP contribution in [0.15, 0.2) is 0 Å². The van der Waals surface area contributed by atoms with Crippen molar-refractivity contribution in [1.29, 1.82) is 0 Å². The summed E-state index contributed by atoms with van der Waals surface area (Å²) in [5.74, 6) is -1.66. The first-order chi connectivity index (χ1) is 6.68. The first-order valence-electron chi connectivity index (χ1n) is 4.75. The van der Waals surface area contributed by atoms with Crippen LogP contribution in [0, 0.1) is 11.8 Å². The third-order valence-electron chi connectivity index (χ3n) is 2.80. The van der Waals surface area contributed by atoms with Crippen molar-refractivity contribution < 1.29 is 14.4 Å². The lowest BCUT2D eigenvalue weighted by Gasteiger charge is -2.23. The number of ketones is 1. The van der Waals surface area contributed by atoms with Crippen LogP contribution in [0.25, 0.3) is 0 Å². The summed E-state index contributed by atoms with van der Waals surface area (Å²) in [4.78, 5) is 33.8. The number of hydrogen-bond acceptors (Lipinski definition) is 4. The minimum Gasteiger partial charge on any atom is -0.316 e. The maximum atomic E-state index is 11.5. The lowest BCUT2D eigenvalue weighted by Crippen LogP contribution is -2.49. The van der Waals surface area contributed by atoms with Gasteiger partial charge in [0.15, 0.2) is 5.78 Å². The maximum Gasteiger partial charge on any atom is 0.237 e. The highest BCUT2D eigenvalue weighted by Crippen LogP contribution is 2.23. The molecule has 2 N–H and O–H groups in total. The molecule has 0 aromatic rings. The smallest absolute Gasteiger partial charge is 0.237 e. The molecule has 14 heavy (non-hydrogen) atoms. The molecule has 2 heterocycles. The summed E-state index contributed by atoms with van der Waals surface area (Å²) >= 11 is 0. The number of hydrogen-bond donors (Lipinski definition) is 2. The van der Waals surface area contributed by atoms with Crippen LogP contribution in [0.2, 0.25) is 0 Å². The Kier molecular flexibility index (Phi) is 2.33. The van der Waals surface area contributed by atoms with Gasteiger partial charge in [0.2, 0.25) is 11.8 Å². The molecule has 0 saturated carbocycles. The van der Waals surface area contributed by atoms with Gasteiger partial charge in [-0.3, -0.25) is 19.7 Å². The zero-order chi connectivity index (χ0) is 10.1. The molecule has 2 unspecified atom stereocenters. The Morgan fingerprint density at radius 3 is 2.57 bits per heavy atom. The molecule has 5 heteroatoms. The lowest BCUT2D eigenvalue weighted by molar-refractivity contribution is -0.145. The zero-order valence-corrected chi connectivity index (χ0v) is 7.71. The first kappa shape index (κ1) is 9.33. The average Bonchev–Trinajstić information content (AvgIpc) is 2.54. The van der Waals surface area contributed by atoms with Crippen molar-refractivity contribution in [2.24, 2.45) is 11.8 Å². The second-order valence-electron chi connectivity index (χ2n) is 3.79. The van der Waals surface area contributed by atoms with Crippen molar-refractivity contribution in [2.75, 3.05) is 13.1 Å². The molecule has 2 saturated heterocycles. The van der Waals surface area contributed by atoms with Crippen LogP contribution in [0.5, 0.6) is 0 Å². The number of amides is 2. The molecule has 2 aliphatic rings. The van der Waals surface area contributed by atoms with Crippen molar-refractivity contribution in [3.05, 3.63) is 0 Å². The standard InChI is InChI=1S/C9H12N2O3/c12-6-3-7(13)11-9(14)8(6)5-1-2-10-4-5/h5,8,10H,1-4H2,(H,11,13,14). The van der Waals surface area contributed by atoms with Crippen LogP contribution in [-0.4, -0.2) is 30.7 Å². The summed E-state index contributed by atoms with van der Waals surface area (Å²) in [7, 11) is 0. The number of piperidine rings is 1. The molecule has 0 bridgehead atoms. The molecule has 5 nitrogen and oxygen atoms in total. The van der Waals surface area contributed by atoms with E-state index in [0.717, 1.165) is 13.0 Å². The third kappa shape index (κ3) is 1.55. The third-order valence-corrected chi connectivity index (χ3v) is 2.80. The summed E-state index contributed by atoms with van der Waals surface area (Å²) in [6.07, 6.45) is 0.685. The van der Waals surface area contributed by atoms with Crippen molar-refractivity contribution >= 4 is 17.6 Å². The fourth-order valence-electron chi connectivity index (χ4n) is 2.11. The SMILES string of the molecule is O=C1CC(=O)C(C2CCNC2)C(=O)N1. The molecular weight excluding hydrogens is 184 g/mol. The number of rotatable bonds is 1. The average molecular weight is 196 g/mol.